The minimum absolute atomic E-state index is 0.0118. The van der Waals surface area contributed by atoms with Crippen molar-refractivity contribution in [3.63, 3.8) is 0 Å². The van der Waals surface area contributed by atoms with Crippen molar-refractivity contribution in [1.29, 1.82) is 0 Å². The number of hydrogen-bond donors (Lipinski definition) is 1. The molecule has 4 rings (SSSR count). The summed E-state index contributed by atoms with van der Waals surface area (Å²) in [6.45, 7) is 6.43. The third-order valence-electron chi connectivity index (χ3n) is 4.59. The molecule has 2 aromatic heterocycles. The Morgan fingerprint density at radius 2 is 2.12 bits per heavy atom. The second kappa shape index (κ2) is 6.96. The van der Waals surface area contributed by atoms with E-state index >= 15 is 0 Å². The molecule has 2 aromatic rings. The third-order valence-corrected chi connectivity index (χ3v) is 6.68. The normalized spacial score (nSPS) is 17.2. The summed E-state index contributed by atoms with van der Waals surface area (Å²) in [4.78, 5) is 38.9. The van der Waals surface area contributed by atoms with Crippen molar-refractivity contribution >= 4 is 39.7 Å². The van der Waals surface area contributed by atoms with Crippen molar-refractivity contribution in [3.05, 3.63) is 26.7 Å². The molecule has 7 nitrogen and oxygen atoms in total. The summed E-state index contributed by atoms with van der Waals surface area (Å²) in [7, 11) is 0. The van der Waals surface area contributed by atoms with Crippen LogP contribution in [0.2, 0.25) is 0 Å². The first kappa shape index (κ1) is 17.4. The highest BCUT2D eigenvalue weighted by molar-refractivity contribution is 7.17. The summed E-state index contributed by atoms with van der Waals surface area (Å²) >= 11 is 2.86. The van der Waals surface area contributed by atoms with Gasteiger partial charge in [0.05, 0.1) is 17.2 Å². The molecule has 3 amide bonds. The molecule has 0 bridgehead atoms. The minimum atomic E-state index is -0.154. The molecular weight excluding hydrogens is 370 g/mol. The number of nitrogens with zero attached hydrogens (tertiary/aromatic N) is 4. The molecule has 3 heterocycles. The van der Waals surface area contributed by atoms with E-state index in [1.54, 1.807) is 22.4 Å². The van der Waals surface area contributed by atoms with Gasteiger partial charge in [0.15, 0.2) is 5.13 Å². The molecule has 1 N–H and O–H groups in total. The fourth-order valence-electron chi connectivity index (χ4n) is 2.98. The van der Waals surface area contributed by atoms with Crippen molar-refractivity contribution in [1.82, 2.24) is 20.2 Å². The SMILES string of the molecule is Cc1ncc(CNC(=O)c2sc(N3CCN(CC4CC4)C3=O)nc2C)s1. The highest BCUT2D eigenvalue weighted by Crippen LogP contribution is 2.33. The van der Waals surface area contributed by atoms with Gasteiger partial charge in [0.1, 0.15) is 4.88 Å². The Morgan fingerprint density at radius 3 is 2.81 bits per heavy atom. The van der Waals surface area contributed by atoms with Crippen molar-refractivity contribution in [3.8, 4) is 0 Å². The Kier molecular flexibility index (Phi) is 4.66. The van der Waals surface area contributed by atoms with Crippen LogP contribution in [-0.4, -0.2) is 46.4 Å². The van der Waals surface area contributed by atoms with Crippen LogP contribution in [0.3, 0.4) is 0 Å². The smallest absolute Gasteiger partial charge is 0.326 e. The minimum Gasteiger partial charge on any atom is -0.346 e. The fraction of sp³-hybridized carbons (Fsp3) is 0.529. The first-order valence-electron chi connectivity index (χ1n) is 8.74. The molecule has 0 spiro atoms. The summed E-state index contributed by atoms with van der Waals surface area (Å²) in [5.74, 6) is 0.521. The number of amides is 3. The number of carbonyl (C=O) groups excluding carboxylic acids is 2. The predicted octanol–water partition coefficient (Wildman–Crippen LogP) is 2.80. The van der Waals surface area contributed by atoms with Crippen molar-refractivity contribution in [2.45, 2.75) is 33.2 Å². The molecule has 1 aliphatic carbocycles. The topological polar surface area (TPSA) is 78.4 Å². The first-order valence-corrected chi connectivity index (χ1v) is 10.4. The van der Waals surface area contributed by atoms with Gasteiger partial charge in [0.25, 0.3) is 5.91 Å². The Balaban J connectivity index is 1.41. The van der Waals surface area contributed by atoms with E-state index in [1.807, 2.05) is 18.7 Å². The molecule has 138 valence electrons. The number of rotatable bonds is 6. The van der Waals surface area contributed by atoms with Gasteiger partial charge in [-0.3, -0.25) is 9.69 Å². The number of aromatic nitrogens is 2. The van der Waals surface area contributed by atoms with E-state index in [2.05, 4.69) is 15.3 Å². The van der Waals surface area contributed by atoms with Crippen LogP contribution in [0.15, 0.2) is 6.20 Å². The number of urea groups is 1. The highest BCUT2D eigenvalue weighted by atomic mass is 32.1. The van der Waals surface area contributed by atoms with Gasteiger partial charge in [-0.15, -0.1) is 11.3 Å². The van der Waals surface area contributed by atoms with Crippen LogP contribution in [0.1, 0.15) is 38.1 Å². The monoisotopic (exact) mass is 391 g/mol. The van der Waals surface area contributed by atoms with Gasteiger partial charge < -0.3 is 10.2 Å². The predicted molar refractivity (Wildman–Crippen MR) is 102 cm³/mol. The maximum atomic E-state index is 12.6. The lowest BCUT2D eigenvalue weighted by molar-refractivity contribution is 0.0954. The van der Waals surface area contributed by atoms with Crippen LogP contribution in [0.5, 0.6) is 0 Å². The molecule has 9 heteroatoms. The molecule has 0 aromatic carbocycles. The quantitative estimate of drug-likeness (QED) is 0.821. The highest BCUT2D eigenvalue weighted by Gasteiger charge is 2.35. The second-order valence-electron chi connectivity index (χ2n) is 6.76. The zero-order valence-electron chi connectivity index (χ0n) is 14.8. The van der Waals surface area contributed by atoms with E-state index in [9.17, 15) is 9.59 Å². The number of thiazole rings is 2. The number of nitrogens with one attached hydrogen (secondary N) is 1. The largest absolute Gasteiger partial charge is 0.346 e. The molecule has 26 heavy (non-hydrogen) atoms. The second-order valence-corrected chi connectivity index (χ2v) is 9.06. The van der Waals surface area contributed by atoms with Crippen LogP contribution >= 0.6 is 22.7 Å². The Morgan fingerprint density at radius 1 is 1.31 bits per heavy atom. The van der Waals surface area contributed by atoms with E-state index in [0.29, 0.717) is 34.7 Å². The average Bonchev–Trinajstić information content (AvgIpc) is 3.02. The zero-order valence-corrected chi connectivity index (χ0v) is 16.5. The Hall–Kier alpha value is -2.00. The summed E-state index contributed by atoms with van der Waals surface area (Å²) < 4.78 is 0. The lowest BCUT2D eigenvalue weighted by atomic mass is 10.3. The number of carbonyl (C=O) groups is 2. The van der Waals surface area contributed by atoms with E-state index in [1.165, 1.54) is 24.2 Å². The van der Waals surface area contributed by atoms with Crippen LogP contribution in [-0.2, 0) is 6.54 Å². The molecule has 0 atom stereocenters. The van der Waals surface area contributed by atoms with Crippen molar-refractivity contribution in [2.75, 3.05) is 24.5 Å². The Labute approximate surface area is 160 Å². The number of anilines is 1. The van der Waals surface area contributed by atoms with Crippen LogP contribution in [0.4, 0.5) is 9.93 Å². The van der Waals surface area contributed by atoms with E-state index in [-0.39, 0.29) is 11.9 Å². The number of aryl methyl sites for hydroxylation is 2. The van der Waals surface area contributed by atoms with Gasteiger partial charge in [-0.2, -0.15) is 0 Å². The van der Waals surface area contributed by atoms with Crippen LogP contribution < -0.4 is 10.2 Å². The van der Waals surface area contributed by atoms with Gasteiger partial charge in [0, 0.05) is 30.7 Å². The number of hydrogen-bond acceptors (Lipinski definition) is 6. The van der Waals surface area contributed by atoms with Crippen LogP contribution in [0.25, 0.3) is 0 Å². The van der Waals surface area contributed by atoms with Gasteiger partial charge in [-0.25, -0.2) is 14.8 Å². The molecular formula is C17H21N5O2S2. The fourth-order valence-corrected chi connectivity index (χ4v) is 4.72. The molecule has 2 aliphatic rings. The van der Waals surface area contributed by atoms with Gasteiger partial charge in [-0.1, -0.05) is 11.3 Å². The van der Waals surface area contributed by atoms with Gasteiger partial charge >= 0.3 is 6.03 Å². The molecule has 2 fully saturated rings. The summed E-state index contributed by atoms with van der Waals surface area (Å²) in [6, 6.07) is 0.0118. The van der Waals surface area contributed by atoms with E-state index < -0.39 is 0 Å². The van der Waals surface area contributed by atoms with Gasteiger partial charge in [0.2, 0.25) is 0 Å². The summed E-state index contributed by atoms with van der Waals surface area (Å²) in [5.41, 5.74) is 0.663. The third kappa shape index (κ3) is 3.59. The van der Waals surface area contributed by atoms with E-state index in [4.69, 9.17) is 0 Å². The summed E-state index contributed by atoms with van der Waals surface area (Å²) in [5, 5.41) is 4.51. The van der Waals surface area contributed by atoms with Crippen molar-refractivity contribution < 1.29 is 9.59 Å². The maximum Gasteiger partial charge on any atom is 0.326 e. The molecule has 1 aliphatic heterocycles. The Bertz CT molecular complexity index is 842. The summed E-state index contributed by atoms with van der Waals surface area (Å²) in [6.07, 6.45) is 4.23. The lowest BCUT2D eigenvalue weighted by Crippen LogP contribution is -2.33. The molecule has 1 saturated heterocycles. The molecule has 1 saturated carbocycles. The maximum absolute atomic E-state index is 12.6. The van der Waals surface area contributed by atoms with E-state index in [0.717, 1.165) is 23.0 Å². The lowest BCUT2D eigenvalue weighted by Gasteiger charge is -2.16. The average molecular weight is 392 g/mol. The molecule has 0 unspecified atom stereocenters. The van der Waals surface area contributed by atoms with Crippen LogP contribution in [0, 0.1) is 19.8 Å². The standard InChI is InChI=1S/C17H21N5O2S2/c1-10-14(15(23)19-8-13-7-18-11(2)25-13)26-16(20-10)22-6-5-21(17(22)24)9-12-3-4-12/h7,12H,3-6,8-9H2,1-2H3,(H,19,23). The van der Waals surface area contributed by atoms with Gasteiger partial charge in [-0.05, 0) is 32.6 Å². The van der Waals surface area contributed by atoms with Crippen molar-refractivity contribution in [2.24, 2.45) is 5.92 Å². The first-order chi connectivity index (χ1) is 12.5. The zero-order chi connectivity index (χ0) is 18.3. The molecule has 0 radical (unpaired) electrons.